The molecule has 0 heterocycles. The summed E-state index contributed by atoms with van der Waals surface area (Å²) in [5.41, 5.74) is 1.79. The molecule has 0 fully saturated rings. The van der Waals surface area contributed by atoms with Crippen molar-refractivity contribution in [1.82, 2.24) is 5.32 Å². The summed E-state index contributed by atoms with van der Waals surface area (Å²) >= 11 is 0. The molecular formula is C8H14N2O5. The standard InChI is InChI=1S/C8H14N2O5/c1-4(7(12)13)10-6(11)3-2-5(9)8(14)15/h4-5H,2-3,9H2,1H3,(H,10,11)(H,12,13)(H,14,15)/t4-,5-/m0/s1/i/hD. The van der Waals surface area contributed by atoms with E-state index in [1.807, 2.05) is 0 Å². The zero-order valence-corrected chi connectivity index (χ0v) is 8.19. The molecule has 2 atom stereocenters. The number of nitrogens with two attached hydrogens (primary N) is 1. The van der Waals surface area contributed by atoms with Gasteiger partial charge in [0.15, 0.2) is 0 Å². The topological polar surface area (TPSA) is 130 Å². The van der Waals surface area contributed by atoms with Gasteiger partial charge in [-0.3, -0.25) is 14.4 Å². The number of aliphatic carboxylic acids is 2. The molecule has 0 spiro atoms. The van der Waals surface area contributed by atoms with Crippen LogP contribution in [0.15, 0.2) is 0 Å². The van der Waals surface area contributed by atoms with Gasteiger partial charge in [-0.25, -0.2) is 0 Å². The number of amides is 1. The lowest BCUT2D eigenvalue weighted by Crippen LogP contribution is -2.39. The number of carboxylic acids is 2. The molecular weight excluding hydrogens is 204 g/mol. The van der Waals surface area contributed by atoms with Crippen molar-refractivity contribution in [3.05, 3.63) is 0 Å². The van der Waals surface area contributed by atoms with Crippen LogP contribution >= 0.6 is 0 Å². The van der Waals surface area contributed by atoms with Crippen LogP contribution in [0, 0.1) is 0 Å². The van der Waals surface area contributed by atoms with Crippen molar-refractivity contribution in [3.63, 3.8) is 0 Å². The van der Waals surface area contributed by atoms with Gasteiger partial charge in [0.1, 0.15) is 13.5 Å². The van der Waals surface area contributed by atoms with Crippen molar-refractivity contribution in [2.45, 2.75) is 31.8 Å². The first-order valence-corrected chi connectivity index (χ1v) is 4.30. The average Bonchev–Trinajstić information content (AvgIpc) is 2.17. The quantitative estimate of drug-likeness (QED) is 0.424. The Bertz CT molecular complexity index is 284. The van der Waals surface area contributed by atoms with Crippen LogP contribution in [-0.2, 0) is 14.4 Å². The summed E-state index contributed by atoms with van der Waals surface area (Å²) in [7, 11) is 0. The number of carbonyl (C=O) groups is 3. The van der Waals surface area contributed by atoms with Gasteiger partial charge in [0, 0.05) is 6.42 Å². The largest absolute Gasteiger partial charge is 0.480 e. The second-order valence-electron chi connectivity index (χ2n) is 3.06. The van der Waals surface area contributed by atoms with Crippen LogP contribution in [-0.4, -0.2) is 40.1 Å². The number of carbonyl (C=O) groups excluding carboxylic acids is 1. The minimum Gasteiger partial charge on any atom is -0.480 e. The van der Waals surface area contributed by atoms with E-state index in [1.54, 1.807) is 5.73 Å². The highest BCUT2D eigenvalue weighted by Crippen LogP contribution is 1.95. The summed E-state index contributed by atoms with van der Waals surface area (Å²) in [5.74, 6) is -2.95. The van der Waals surface area contributed by atoms with Crippen molar-refractivity contribution < 1.29 is 26.0 Å². The molecule has 0 bridgehead atoms. The zero-order chi connectivity index (χ0) is 12.7. The summed E-state index contributed by atoms with van der Waals surface area (Å²) in [5, 5.41) is 19.2. The SMILES string of the molecule is [2H]N[C@@H](CCC(=O)N[C@@H](C)C(=O)O)C(=O)O. The Labute approximate surface area is 87.7 Å². The van der Waals surface area contributed by atoms with Crippen molar-refractivity contribution in [3.8, 4) is 0 Å². The van der Waals surface area contributed by atoms with Gasteiger partial charge in [0.2, 0.25) is 5.91 Å². The van der Waals surface area contributed by atoms with Gasteiger partial charge >= 0.3 is 11.9 Å². The lowest BCUT2D eigenvalue weighted by Gasteiger charge is -2.10. The Kier molecular flexibility index (Phi) is 4.55. The Hall–Kier alpha value is -1.63. The van der Waals surface area contributed by atoms with Crippen molar-refractivity contribution in [2.75, 3.05) is 0 Å². The predicted molar refractivity (Wildman–Crippen MR) is 50.1 cm³/mol. The second-order valence-corrected chi connectivity index (χ2v) is 3.06. The molecule has 0 unspecified atom stereocenters. The van der Waals surface area contributed by atoms with Gasteiger partial charge in [-0.2, -0.15) is 0 Å². The minimum absolute atomic E-state index is 0.0724. The molecule has 0 aliphatic rings. The van der Waals surface area contributed by atoms with E-state index in [0.717, 1.165) is 0 Å². The fourth-order valence-corrected chi connectivity index (χ4v) is 0.774. The molecule has 15 heavy (non-hydrogen) atoms. The fourth-order valence-electron chi connectivity index (χ4n) is 0.774. The smallest absolute Gasteiger partial charge is 0.325 e. The minimum atomic E-state index is -1.23. The first-order valence-electron chi connectivity index (χ1n) is 4.80. The van der Waals surface area contributed by atoms with E-state index in [1.165, 1.54) is 6.92 Å². The summed E-state index contributed by atoms with van der Waals surface area (Å²) in [6, 6.07) is -2.15. The molecule has 0 aromatic carbocycles. The maximum absolute atomic E-state index is 11.1. The first kappa shape index (κ1) is 11.4. The number of rotatable bonds is 7. The van der Waals surface area contributed by atoms with Crippen LogP contribution in [0.3, 0.4) is 0 Å². The number of nitrogens with one attached hydrogen (secondary N) is 1. The van der Waals surface area contributed by atoms with Gasteiger partial charge in [-0.1, -0.05) is 0 Å². The highest BCUT2D eigenvalue weighted by atomic mass is 16.4. The van der Waals surface area contributed by atoms with E-state index < -0.39 is 29.9 Å². The zero-order valence-electron chi connectivity index (χ0n) is 9.19. The number of carboxylic acid groups (broad SMARTS) is 2. The normalized spacial score (nSPS) is 14.9. The van der Waals surface area contributed by atoms with Crippen LogP contribution in [0.5, 0.6) is 0 Å². The fraction of sp³-hybridized carbons (Fsp3) is 0.625. The van der Waals surface area contributed by atoms with E-state index in [4.69, 9.17) is 11.6 Å². The van der Waals surface area contributed by atoms with Crippen LogP contribution in [0.25, 0.3) is 0 Å². The number of hydrogen-bond acceptors (Lipinski definition) is 4. The highest BCUT2D eigenvalue weighted by Gasteiger charge is 2.16. The summed E-state index contributed by atoms with van der Waals surface area (Å²) < 4.78 is 6.69. The second kappa shape index (κ2) is 5.97. The molecule has 0 radical (unpaired) electrons. The number of hydrogen-bond donors (Lipinski definition) is 4. The molecule has 7 heteroatoms. The Balaban J connectivity index is 3.97. The van der Waals surface area contributed by atoms with E-state index in [0.29, 0.717) is 0 Å². The maximum atomic E-state index is 11.1. The van der Waals surface area contributed by atoms with Crippen LogP contribution in [0.1, 0.15) is 19.8 Å². The molecule has 0 aromatic heterocycles. The van der Waals surface area contributed by atoms with Gasteiger partial charge < -0.3 is 21.3 Å². The summed E-state index contributed by atoms with van der Waals surface area (Å²) in [4.78, 5) is 32.0. The van der Waals surface area contributed by atoms with Crippen molar-refractivity contribution in [2.24, 2.45) is 5.73 Å². The van der Waals surface area contributed by atoms with Gasteiger partial charge in [0.25, 0.3) is 0 Å². The molecule has 5 N–H and O–H groups in total. The van der Waals surface area contributed by atoms with Crippen LogP contribution in [0.4, 0.5) is 0 Å². The van der Waals surface area contributed by atoms with Gasteiger partial charge in [-0.05, 0) is 13.3 Å². The monoisotopic (exact) mass is 219 g/mol. The van der Waals surface area contributed by atoms with E-state index in [2.05, 4.69) is 5.32 Å². The molecule has 1 amide bonds. The first-order chi connectivity index (χ1) is 7.38. The molecule has 0 saturated carbocycles. The van der Waals surface area contributed by atoms with Crippen molar-refractivity contribution >= 4 is 17.8 Å². The molecule has 0 rings (SSSR count). The molecule has 0 saturated heterocycles. The van der Waals surface area contributed by atoms with Gasteiger partial charge in [-0.15, -0.1) is 0 Å². The van der Waals surface area contributed by atoms with Crippen LogP contribution in [0.2, 0.25) is 1.41 Å². The molecule has 7 nitrogen and oxygen atoms in total. The lowest BCUT2D eigenvalue weighted by molar-refractivity contribution is -0.142. The third kappa shape index (κ3) is 5.63. The predicted octanol–water partition coefficient (Wildman–Crippen LogP) is -1.23. The third-order valence-electron chi connectivity index (χ3n) is 1.71. The average molecular weight is 219 g/mol. The Morgan fingerprint density at radius 3 is 2.40 bits per heavy atom. The maximum Gasteiger partial charge on any atom is 0.325 e. The van der Waals surface area contributed by atoms with Gasteiger partial charge in [0.05, 0.1) is 0 Å². The summed E-state index contributed by atoms with van der Waals surface area (Å²) in [6.45, 7) is 1.30. The Morgan fingerprint density at radius 1 is 1.40 bits per heavy atom. The Morgan fingerprint density at radius 2 is 2.00 bits per heavy atom. The van der Waals surface area contributed by atoms with Crippen LogP contribution < -0.4 is 11.0 Å². The molecule has 0 aliphatic heterocycles. The third-order valence-corrected chi connectivity index (χ3v) is 1.71. The van der Waals surface area contributed by atoms with Crippen molar-refractivity contribution in [1.29, 1.82) is 0 Å². The highest BCUT2D eigenvalue weighted by molar-refractivity contribution is 5.83. The molecule has 0 aromatic rings. The molecule has 86 valence electrons. The van der Waals surface area contributed by atoms with E-state index >= 15 is 0 Å². The van der Waals surface area contributed by atoms with E-state index in [-0.39, 0.29) is 12.8 Å². The van der Waals surface area contributed by atoms with E-state index in [9.17, 15) is 14.4 Å². The lowest BCUT2D eigenvalue weighted by atomic mass is 10.1. The summed E-state index contributed by atoms with van der Waals surface area (Å²) in [6.07, 6.45) is -0.225. The molecule has 0 aliphatic carbocycles.